The second-order valence-electron chi connectivity index (χ2n) is 6.41. The number of ketones is 1. The van der Waals surface area contributed by atoms with E-state index in [9.17, 15) is 4.79 Å². The lowest BCUT2D eigenvalue weighted by Crippen LogP contribution is -2.43. The van der Waals surface area contributed by atoms with Gasteiger partial charge in [-0.05, 0) is 42.8 Å². The largest absolute Gasteiger partial charge is 0.369 e. The minimum absolute atomic E-state index is 0.119. The van der Waals surface area contributed by atoms with Crippen LogP contribution in [-0.4, -0.2) is 46.8 Å². The van der Waals surface area contributed by atoms with Crippen molar-refractivity contribution in [3.63, 3.8) is 0 Å². The average Bonchev–Trinajstić information content (AvgIpc) is 3.30. The van der Waals surface area contributed by atoms with Crippen molar-refractivity contribution in [3.8, 4) is 11.3 Å². The molecule has 1 aliphatic heterocycles. The second-order valence-corrected chi connectivity index (χ2v) is 6.41. The van der Waals surface area contributed by atoms with Gasteiger partial charge in [0.1, 0.15) is 11.3 Å². The van der Waals surface area contributed by atoms with Crippen LogP contribution >= 0.6 is 0 Å². The molecular weight excluding hydrogens is 316 g/mol. The zero-order valence-electron chi connectivity index (χ0n) is 14.1. The van der Waals surface area contributed by atoms with Crippen LogP contribution in [0.15, 0.2) is 42.7 Å². The number of Topliss-reactive ketones (excluding diaryl/α,β-unsaturated/α-hetero) is 1. The normalized spacial score (nSPS) is 20.2. The summed E-state index contributed by atoms with van der Waals surface area (Å²) in [5, 5.41) is 11.7. The summed E-state index contributed by atoms with van der Waals surface area (Å²) in [5.41, 5.74) is 3.09. The predicted molar refractivity (Wildman–Crippen MR) is 95.3 cm³/mol. The number of benzene rings is 1. The molecule has 0 aliphatic carbocycles. The molecule has 2 aromatic heterocycles. The number of nitrogens with zero attached hydrogens (tertiary/aromatic N) is 2. The highest BCUT2D eigenvalue weighted by atomic mass is 16.5. The summed E-state index contributed by atoms with van der Waals surface area (Å²) in [5.74, 6) is 0.119. The van der Waals surface area contributed by atoms with Gasteiger partial charge in [0, 0.05) is 43.4 Å². The third kappa shape index (κ3) is 2.83. The summed E-state index contributed by atoms with van der Waals surface area (Å²) in [6.07, 6.45) is 4.57. The van der Waals surface area contributed by atoms with E-state index in [1.165, 1.54) is 0 Å². The highest BCUT2D eigenvalue weighted by Gasteiger charge is 2.40. The summed E-state index contributed by atoms with van der Waals surface area (Å²) in [6.45, 7) is 1.39. The number of ether oxygens (including phenoxy) is 1. The van der Waals surface area contributed by atoms with Gasteiger partial charge in [-0.2, -0.15) is 5.10 Å². The molecule has 1 saturated heterocycles. The summed E-state index contributed by atoms with van der Waals surface area (Å²) < 4.78 is 5.56. The lowest BCUT2D eigenvalue weighted by molar-refractivity contribution is -0.138. The number of pyridine rings is 1. The van der Waals surface area contributed by atoms with Gasteiger partial charge in [-0.3, -0.25) is 14.9 Å². The van der Waals surface area contributed by atoms with Crippen LogP contribution in [0.25, 0.3) is 22.2 Å². The van der Waals surface area contributed by atoms with Gasteiger partial charge in [0.15, 0.2) is 5.78 Å². The number of methoxy groups -OCH3 is 1. The Kier molecular flexibility index (Phi) is 4.07. The molecule has 0 bridgehead atoms. The summed E-state index contributed by atoms with van der Waals surface area (Å²) >= 11 is 0. The fourth-order valence-corrected chi connectivity index (χ4v) is 3.44. The maximum absolute atomic E-state index is 12.8. The second kappa shape index (κ2) is 6.38. The SMILES string of the molecule is CO[C@@]1(C(=O)Cc2ccc3[nH]nc(-c4ccncc4)c3c2)CCNC1. The molecule has 6 heteroatoms. The average molecular weight is 336 g/mol. The molecule has 1 atom stereocenters. The number of carbonyl (C=O) groups is 1. The van der Waals surface area contributed by atoms with Crippen LogP contribution in [0.3, 0.4) is 0 Å². The Hall–Kier alpha value is -2.57. The van der Waals surface area contributed by atoms with Gasteiger partial charge >= 0.3 is 0 Å². The highest BCUT2D eigenvalue weighted by Crippen LogP contribution is 2.28. The molecule has 0 amide bonds. The number of hydrogen-bond donors (Lipinski definition) is 2. The van der Waals surface area contributed by atoms with E-state index in [1.807, 2.05) is 30.3 Å². The van der Waals surface area contributed by atoms with Gasteiger partial charge in [-0.25, -0.2) is 0 Å². The van der Waals surface area contributed by atoms with Crippen LogP contribution in [0.4, 0.5) is 0 Å². The molecule has 3 heterocycles. The molecule has 128 valence electrons. The molecule has 1 aromatic carbocycles. The Balaban J connectivity index is 1.66. The van der Waals surface area contributed by atoms with Crippen LogP contribution in [-0.2, 0) is 16.0 Å². The van der Waals surface area contributed by atoms with Gasteiger partial charge in [0.2, 0.25) is 0 Å². The third-order valence-corrected chi connectivity index (χ3v) is 4.96. The predicted octanol–water partition coefficient (Wildman–Crippen LogP) is 2.11. The van der Waals surface area contributed by atoms with Crippen molar-refractivity contribution in [2.24, 2.45) is 0 Å². The minimum atomic E-state index is -0.695. The van der Waals surface area contributed by atoms with Crippen LogP contribution in [0.5, 0.6) is 0 Å². The fraction of sp³-hybridized carbons (Fsp3) is 0.316. The Labute approximate surface area is 145 Å². The number of carbonyl (C=O) groups excluding carboxylic acids is 1. The smallest absolute Gasteiger partial charge is 0.170 e. The molecule has 0 unspecified atom stereocenters. The standard InChI is InChI=1S/C19H20N4O2/c1-25-19(6-9-21-12-19)17(24)11-13-2-3-16-15(10-13)18(23-22-16)14-4-7-20-8-5-14/h2-5,7-8,10,21H,6,9,11-12H2,1H3,(H,22,23)/t19-/m0/s1. The molecule has 4 rings (SSSR count). The summed E-state index contributed by atoms with van der Waals surface area (Å²) in [4.78, 5) is 16.9. The van der Waals surface area contributed by atoms with E-state index in [1.54, 1.807) is 19.5 Å². The molecule has 1 aliphatic rings. The number of nitrogens with one attached hydrogen (secondary N) is 2. The first-order valence-electron chi connectivity index (χ1n) is 8.38. The molecule has 25 heavy (non-hydrogen) atoms. The molecule has 6 nitrogen and oxygen atoms in total. The van der Waals surface area contributed by atoms with Crippen molar-refractivity contribution in [1.82, 2.24) is 20.5 Å². The van der Waals surface area contributed by atoms with Crippen LogP contribution in [0.1, 0.15) is 12.0 Å². The monoisotopic (exact) mass is 336 g/mol. The van der Waals surface area contributed by atoms with E-state index in [0.29, 0.717) is 13.0 Å². The van der Waals surface area contributed by atoms with Crippen LogP contribution in [0.2, 0.25) is 0 Å². The molecule has 1 fully saturated rings. The Morgan fingerprint density at radius 2 is 2.12 bits per heavy atom. The van der Waals surface area contributed by atoms with E-state index >= 15 is 0 Å². The van der Waals surface area contributed by atoms with Crippen molar-refractivity contribution >= 4 is 16.7 Å². The van der Waals surface area contributed by atoms with Gasteiger partial charge < -0.3 is 10.1 Å². The molecule has 0 saturated carbocycles. The molecule has 3 aromatic rings. The van der Waals surface area contributed by atoms with Crippen molar-refractivity contribution in [3.05, 3.63) is 48.3 Å². The molecule has 2 N–H and O–H groups in total. The van der Waals surface area contributed by atoms with Crippen molar-refractivity contribution < 1.29 is 9.53 Å². The summed E-state index contributed by atoms with van der Waals surface area (Å²) in [6, 6.07) is 9.84. The highest BCUT2D eigenvalue weighted by molar-refractivity contribution is 5.95. The topological polar surface area (TPSA) is 79.9 Å². The maximum atomic E-state index is 12.8. The number of rotatable bonds is 5. The van der Waals surface area contributed by atoms with E-state index in [-0.39, 0.29) is 5.78 Å². The van der Waals surface area contributed by atoms with Crippen LogP contribution in [0, 0.1) is 0 Å². The fourth-order valence-electron chi connectivity index (χ4n) is 3.44. The first-order chi connectivity index (χ1) is 12.2. The number of hydrogen-bond acceptors (Lipinski definition) is 5. The lowest BCUT2D eigenvalue weighted by atomic mass is 9.91. The minimum Gasteiger partial charge on any atom is -0.369 e. The maximum Gasteiger partial charge on any atom is 0.170 e. The van der Waals surface area contributed by atoms with Crippen LogP contribution < -0.4 is 5.32 Å². The number of fused-ring (bicyclic) bond motifs is 1. The lowest BCUT2D eigenvalue weighted by Gasteiger charge is -2.24. The third-order valence-electron chi connectivity index (χ3n) is 4.96. The van der Waals surface area contributed by atoms with E-state index in [0.717, 1.165) is 40.7 Å². The molecule has 0 spiro atoms. The Bertz CT molecular complexity index is 898. The van der Waals surface area contributed by atoms with Gasteiger partial charge in [0.25, 0.3) is 0 Å². The summed E-state index contributed by atoms with van der Waals surface area (Å²) in [7, 11) is 1.62. The zero-order valence-corrected chi connectivity index (χ0v) is 14.1. The van der Waals surface area contributed by atoms with E-state index < -0.39 is 5.60 Å². The van der Waals surface area contributed by atoms with Gasteiger partial charge in [-0.1, -0.05) is 6.07 Å². The first-order valence-corrected chi connectivity index (χ1v) is 8.38. The quantitative estimate of drug-likeness (QED) is 0.746. The molecule has 0 radical (unpaired) electrons. The van der Waals surface area contributed by atoms with Crippen molar-refractivity contribution in [2.45, 2.75) is 18.4 Å². The van der Waals surface area contributed by atoms with Crippen molar-refractivity contribution in [1.29, 1.82) is 0 Å². The van der Waals surface area contributed by atoms with Gasteiger partial charge in [-0.15, -0.1) is 0 Å². The zero-order chi connectivity index (χ0) is 17.3. The molecular formula is C19H20N4O2. The first kappa shape index (κ1) is 15.9. The number of aromatic nitrogens is 3. The van der Waals surface area contributed by atoms with Gasteiger partial charge in [0.05, 0.1) is 5.52 Å². The van der Waals surface area contributed by atoms with E-state index in [2.05, 4.69) is 20.5 Å². The van der Waals surface area contributed by atoms with Crippen molar-refractivity contribution in [2.75, 3.05) is 20.2 Å². The Morgan fingerprint density at radius 1 is 1.28 bits per heavy atom. The van der Waals surface area contributed by atoms with E-state index in [4.69, 9.17) is 4.74 Å². The number of H-pyrrole nitrogens is 1. The Morgan fingerprint density at radius 3 is 2.84 bits per heavy atom. The number of aromatic amines is 1.